The van der Waals surface area contributed by atoms with Crippen LogP contribution < -0.4 is 4.72 Å². The number of hydrogen-bond acceptors (Lipinski definition) is 9. The van der Waals surface area contributed by atoms with Crippen molar-refractivity contribution in [3.05, 3.63) is 95.6 Å². The lowest BCUT2D eigenvalue weighted by Gasteiger charge is -2.30. The van der Waals surface area contributed by atoms with Crippen LogP contribution in [0.3, 0.4) is 0 Å². The molecule has 11 nitrogen and oxygen atoms in total. The second-order valence-electron chi connectivity index (χ2n) is 10.4. The standard InChI is InChI=1S/C30H37N3O8S2/c1-22(2)19-33(43(39,40)28-15-9-25(10-16-28)18-31-36)20-30(35)29(17-24-7-5-4-6-8-24)32-42(37,38)27-13-11-26(12-14-27)21-41-23(3)34/h4-16,18,22,29-30,32,35-36H,17,19-21H2,1-3H3/t29-,30-/m0/s1. The maximum absolute atomic E-state index is 13.6. The van der Waals surface area contributed by atoms with Crippen molar-refractivity contribution in [3.63, 3.8) is 0 Å². The third-order valence-corrected chi connectivity index (χ3v) is 9.78. The molecular formula is C30H37N3O8S2. The number of ether oxygens (including phenoxy) is 1. The predicted molar refractivity (Wildman–Crippen MR) is 162 cm³/mol. The first-order chi connectivity index (χ1) is 20.3. The highest BCUT2D eigenvalue weighted by atomic mass is 32.2. The molecule has 2 atom stereocenters. The Morgan fingerprint density at radius 1 is 0.907 bits per heavy atom. The van der Waals surface area contributed by atoms with Gasteiger partial charge in [0.25, 0.3) is 0 Å². The van der Waals surface area contributed by atoms with Gasteiger partial charge in [0.05, 0.1) is 28.2 Å². The van der Waals surface area contributed by atoms with Gasteiger partial charge in [-0.3, -0.25) is 4.79 Å². The predicted octanol–water partition coefficient (Wildman–Crippen LogP) is 3.16. The molecule has 3 rings (SSSR count). The minimum Gasteiger partial charge on any atom is -0.461 e. The van der Waals surface area contributed by atoms with Crippen molar-refractivity contribution < 1.29 is 36.7 Å². The van der Waals surface area contributed by atoms with E-state index in [1.54, 1.807) is 24.3 Å². The smallest absolute Gasteiger partial charge is 0.302 e. The zero-order valence-corrected chi connectivity index (χ0v) is 25.8. The lowest BCUT2D eigenvalue weighted by Crippen LogP contribution is -2.51. The van der Waals surface area contributed by atoms with Crippen LogP contribution in [-0.4, -0.2) is 68.9 Å². The second-order valence-corrected chi connectivity index (χ2v) is 14.1. The summed E-state index contributed by atoms with van der Waals surface area (Å²) in [5.41, 5.74) is 1.83. The van der Waals surface area contributed by atoms with Crippen LogP contribution in [0.15, 0.2) is 93.8 Å². The largest absolute Gasteiger partial charge is 0.461 e. The number of nitrogens with zero attached hydrogens (tertiary/aromatic N) is 2. The molecular weight excluding hydrogens is 594 g/mol. The Morgan fingerprint density at radius 2 is 1.51 bits per heavy atom. The molecule has 0 aromatic heterocycles. The van der Waals surface area contributed by atoms with Gasteiger partial charge in [-0.25, -0.2) is 21.6 Å². The molecule has 0 saturated heterocycles. The average Bonchev–Trinajstić information content (AvgIpc) is 2.96. The monoisotopic (exact) mass is 631 g/mol. The van der Waals surface area contributed by atoms with Gasteiger partial charge < -0.3 is 15.1 Å². The molecule has 0 bridgehead atoms. The van der Waals surface area contributed by atoms with Gasteiger partial charge in [-0.05, 0) is 53.3 Å². The van der Waals surface area contributed by atoms with E-state index < -0.39 is 38.2 Å². The SMILES string of the molecule is CC(=O)OCc1ccc(S(=O)(=O)N[C@@H](Cc2ccccc2)[C@@H](O)CN(CC(C)C)S(=O)(=O)c2ccc(C=NO)cc2)cc1. The summed E-state index contributed by atoms with van der Waals surface area (Å²) < 4.78 is 62.8. The zero-order chi connectivity index (χ0) is 31.6. The van der Waals surface area contributed by atoms with Gasteiger partial charge in [0.1, 0.15) is 6.61 Å². The zero-order valence-electron chi connectivity index (χ0n) is 24.2. The van der Waals surface area contributed by atoms with Crippen molar-refractivity contribution in [1.29, 1.82) is 0 Å². The fraction of sp³-hybridized carbons (Fsp3) is 0.333. The molecule has 3 N–H and O–H groups in total. The van der Waals surface area contributed by atoms with Crippen molar-refractivity contribution >= 4 is 32.2 Å². The van der Waals surface area contributed by atoms with E-state index in [-0.39, 0.29) is 41.8 Å². The van der Waals surface area contributed by atoms with Gasteiger partial charge in [0.15, 0.2) is 0 Å². The Morgan fingerprint density at radius 3 is 2.07 bits per heavy atom. The third-order valence-electron chi connectivity index (χ3n) is 6.43. The number of nitrogens with one attached hydrogen (secondary N) is 1. The van der Waals surface area contributed by atoms with Crippen molar-refractivity contribution in [1.82, 2.24) is 9.03 Å². The molecule has 0 saturated carbocycles. The highest BCUT2D eigenvalue weighted by Gasteiger charge is 2.33. The van der Waals surface area contributed by atoms with Crippen LogP contribution in [-0.2, 0) is 42.6 Å². The summed E-state index contributed by atoms with van der Waals surface area (Å²) >= 11 is 0. The third kappa shape index (κ3) is 9.97. The van der Waals surface area contributed by atoms with Crippen molar-refractivity contribution in [2.75, 3.05) is 13.1 Å². The van der Waals surface area contributed by atoms with Crippen LogP contribution in [0.4, 0.5) is 0 Å². The molecule has 3 aromatic rings. The highest BCUT2D eigenvalue weighted by Crippen LogP contribution is 2.21. The number of aliphatic hydroxyl groups excluding tert-OH is 1. The molecule has 3 aromatic carbocycles. The number of aliphatic hydroxyl groups is 1. The van der Waals surface area contributed by atoms with Crippen LogP contribution in [0.2, 0.25) is 0 Å². The first-order valence-corrected chi connectivity index (χ1v) is 16.5. The number of oxime groups is 1. The number of carbonyl (C=O) groups excluding carboxylic acids is 1. The van der Waals surface area contributed by atoms with Gasteiger partial charge in [-0.1, -0.05) is 73.6 Å². The molecule has 0 unspecified atom stereocenters. The summed E-state index contributed by atoms with van der Waals surface area (Å²) in [5, 5.41) is 23.1. The Hall–Kier alpha value is -3.62. The number of rotatable bonds is 15. The van der Waals surface area contributed by atoms with Gasteiger partial charge in [-0.2, -0.15) is 4.31 Å². The maximum atomic E-state index is 13.6. The van der Waals surface area contributed by atoms with Gasteiger partial charge in [0.2, 0.25) is 20.0 Å². The van der Waals surface area contributed by atoms with E-state index in [9.17, 15) is 26.7 Å². The van der Waals surface area contributed by atoms with E-state index in [1.807, 2.05) is 19.9 Å². The summed E-state index contributed by atoms with van der Waals surface area (Å²) in [5.74, 6) is -0.560. The van der Waals surface area contributed by atoms with Crippen molar-refractivity contribution in [2.45, 2.75) is 55.7 Å². The van der Waals surface area contributed by atoms with Crippen LogP contribution in [0.25, 0.3) is 0 Å². The average molecular weight is 632 g/mol. The molecule has 0 aliphatic rings. The quantitative estimate of drug-likeness (QED) is 0.0997. The summed E-state index contributed by atoms with van der Waals surface area (Å²) in [6.45, 7) is 4.65. The Bertz CT molecular complexity index is 1580. The first kappa shape index (κ1) is 33.9. The van der Waals surface area contributed by atoms with Crippen LogP contribution in [0.1, 0.15) is 37.5 Å². The molecule has 0 spiro atoms. The van der Waals surface area contributed by atoms with E-state index >= 15 is 0 Å². The van der Waals surface area contributed by atoms with Crippen LogP contribution >= 0.6 is 0 Å². The minimum absolute atomic E-state index is 0.00362. The van der Waals surface area contributed by atoms with Gasteiger partial charge in [0, 0.05) is 20.0 Å². The lowest BCUT2D eigenvalue weighted by molar-refractivity contribution is -0.142. The van der Waals surface area contributed by atoms with Crippen LogP contribution in [0, 0.1) is 5.92 Å². The van der Waals surface area contributed by atoms with Crippen LogP contribution in [0.5, 0.6) is 0 Å². The fourth-order valence-corrected chi connectivity index (χ4v) is 7.19. The van der Waals surface area contributed by atoms with E-state index in [1.165, 1.54) is 61.7 Å². The van der Waals surface area contributed by atoms with Crippen molar-refractivity contribution in [3.8, 4) is 0 Å². The molecule has 0 aliphatic heterocycles. The highest BCUT2D eigenvalue weighted by molar-refractivity contribution is 7.89. The fourth-order valence-electron chi connectivity index (χ4n) is 4.30. The van der Waals surface area contributed by atoms with Gasteiger partial charge in [-0.15, -0.1) is 0 Å². The summed E-state index contributed by atoms with van der Waals surface area (Å²) in [7, 11) is -8.24. The van der Waals surface area contributed by atoms with E-state index in [0.717, 1.165) is 9.87 Å². The maximum Gasteiger partial charge on any atom is 0.302 e. The normalized spacial score (nSPS) is 13.8. The van der Waals surface area contributed by atoms with E-state index in [0.29, 0.717) is 11.1 Å². The summed E-state index contributed by atoms with van der Waals surface area (Å²) in [6.07, 6.45) is -0.163. The molecule has 13 heteroatoms. The number of benzene rings is 3. The number of esters is 1. The molecule has 232 valence electrons. The summed E-state index contributed by atoms with van der Waals surface area (Å²) in [6, 6.07) is 19.4. The van der Waals surface area contributed by atoms with Gasteiger partial charge >= 0.3 is 5.97 Å². The molecule has 0 amide bonds. The number of hydrogen-bond donors (Lipinski definition) is 3. The Balaban J connectivity index is 1.90. The van der Waals surface area contributed by atoms with E-state index in [2.05, 4.69) is 9.88 Å². The Kier molecular flexibility index (Phi) is 12.0. The number of sulfonamides is 2. The van der Waals surface area contributed by atoms with Crippen molar-refractivity contribution in [2.24, 2.45) is 11.1 Å². The molecule has 0 aliphatic carbocycles. The first-order valence-electron chi connectivity index (χ1n) is 13.6. The number of carbonyl (C=O) groups is 1. The summed E-state index contributed by atoms with van der Waals surface area (Å²) in [4.78, 5) is 11.0. The molecule has 0 heterocycles. The molecule has 43 heavy (non-hydrogen) atoms. The molecule has 0 radical (unpaired) electrons. The Labute approximate surface area is 252 Å². The van der Waals surface area contributed by atoms with E-state index in [4.69, 9.17) is 9.94 Å². The molecule has 0 fully saturated rings. The minimum atomic E-state index is -4.15. The second kappa shape index (κ2) is 15.2. The topological polar surface area (TPSA) is 163 Å². The lowest BCUT2D eigenvalue weighted by atomic mass is 10.0.